The summed E-state index contributed by atoms with van der Waals surface area (Å²) in [6, 6.07) is 7.78. The largest absolute Gasteiger partial charge is 0.472 e. The van der Waals surface area contributed by atoms with Crippen molar-refractivity contribution in [2.75, 3.05) is 13.1 Å². The lowest BCUT2D eigenvalue weighted by atomic mass is 10.3. The molecule has 0 bridgehead atoms. The topological polar surface area (TPSA) is 118 Å². The Labute approximate surface area is 148 Å². The highest BCUT2D eigenvalue weighted by molar-refractivity contribution is 7.89. The van der Waals surface area contributed by atoms with E-state index in [0.29, 0.717) is 29.9 Å². The molecule has 0 aliphatic carbocycles. The Morgan fingerprint density at radius 1 is 1.27 bits per heavy atom. The molecule has 1 atom stereocenters. The number of oxazole rings is 1. The zero-order valence-corrected chi connectivity index (χ0v) is 14.7. The molecule has 1 aliphatic heterocycles. The van der Waals surface area contributed by atoms with E-state index in [1.807, 2.05) is 6.92 Å². The van der Waals surface area contributed by atoms with Crippen LogP contribution in [-0.4, -0.2) is 47.1 Å². The molecule has 0 spiro atoms. The van der Waals surface area contributed by atoms with E-state index in [1.165, 1.54) is 22.5 Å². The summed E-state index contributed by atoms with van der Waals surface area (Å²) in [4.78, 5) is 13.8. The van der Waals surface area contributed by atoms with Crippen LogP contribution in [0.4, 0.5) is 0 Å². The number of hydrogen-bond acceptors (Lipinski definition) is 7. The van der Waals surface area contributed by atoms with Gasteiger partial charge in [-0.25, -0.2) is 13.2 Å². The van der Waals surface area contributed by atoms with Crippen molar-refractivity contribution in [2.24, 2.45) is 0 Å². The van der Waals surface area contributed by atoms with Crippen LogP contribution in [0, 0.1) is 6.92 Å². The Kier molecular flexibility index (Phi) is 4.00. The summed E-state index contributed by atoms with van der Waals surface area (Å²) < 4.78 is 37.7. The van der Waals surface area contributed by atoms with Crippen molar-refractivity contribution in [3.8, 4) is 5.88 Å². The van der Waals surface area contributed by atoms with Gasteiger partial charge in [-0.05, 0) is 37.6 Å². The minimum atomic E-state index is -3.70. The molecule has 1 fully saturated rings. The Balaban J connectivity index is 1.52. The zero-order valence-electron chi connectivity index (χ0n) is 13.9. The SMILES string of the molecule is Cc1ccc(O[C@@H]2CCN(S(=O)(=O)c3ccc4oc(=O)[nH]c4c3)C2)nn1. The predicted molar refractivity (Wildman–Crippen MR) is 91.4 cm³/mol. The van der Waals surface area contributed by atoms with Gasteiger partial charge in [-0.15, -0.1) is 5.10 Å². The van der Waals surface area contributed by atoms with E-state index >= 15 is 0 Å². The molecule has 136 valence electrons. The molecule has 1 N–H and O–H groups in total. The third-order valence-electron chi connectivity index (χ3n) is 4.20. The number of fused-ring (bicyclic) bond motifs is 1. The van der Waals surface area contributed by atoms with Crippen LogP contribution >= 0.6 is 0 Å². The summed E-state index contributed by atoms with van der Waals surface area (Å²) in [5.41, 5.74) is 1.44. The van der Waals surface area contributed by atoms with Gasteiger partial charge in [0.2, 0.25) is 15.9 Å². The van der Waals surface area contributed by atoms with Crippen molar-refractivity contribution in [1.29, 1.82) is 0 Å². The standard InChI is InChI=1S/C16H16N4O5S/c1-10-2-5-15(19-18-10)24-11-6-7-20(9-11)26(22,23)12-3-4-14-13(8-12)17-16(21)25-14/h2-5,8,11H,6-7,9H2,1H3,(H,17,21)/t11-/m1/s1. The molecule has 4 rings (SSSR count). The maximum Gasteiger partial charge on any atom is 0.417 e. The average Bonchev–Trinajstić information content (AvgIpc) is 3.22. The normalized spacial score (nSPS) is 18.4. The second-order valence-corrected chi connectivity index (χ2v) is 8.01. The molecule has 1 saturated heterocycles. The molecule has 1 aliphatic rings. The fourth-order valence-electron chi connectivity index (χ4n) is 2.87. The summed E-state index contributed by atoms with van der Waals surface area (Å²) in [5.74, 6) is -0.249. The highest BCUT2D eigenvalue weighted by Crippen LogP contribution is 2.25. The molecule has 9 nitrogen and oxygen atoms in total. The van der Waals surface area contributed by atoms with E-state index in [-0.39, 0.29) is 17.5 Å². The minimum Gasteiger partial charge on any atom is -0.472 e. The number of nitrogens with zero attached hydrogens (tertiary/aromatic N) is 3. The molecule has 0 saturated carbocycles. The molecule has 2 aromatic heterocycles. The van der Waals surface area contributed by atoms with Crippen LogP contribution in [0.15, 0.2) is 44.4 Å². The van der Waals surface area contributed by atoms with Crippen LogP contribution in [0.1, 0.15) is 12.1 Å². The van der Waals surface area contributed by atoms with Gasteiger partial charge >= 0.3 is 5.76 Å². The Hall–Kier alpha value is -2.72. The van der Waals surface area contributed by atoms with Crippen LogP contribution in [-0.2, 0) is 10.0 Å². The van der Waals surface area contributed by atoms with Gasteiger partial charge in [0.05, 0.1) is 22.7 Å². The van der Waals surface area contributed by atoms with Crippen molar-refractivity contribution < 1.29 is 17.6 Å². The van der Waals surface area contributed by atoms with E-state index in [1.54, 1.807) is 12.1 Å². The highest BCUT2D eigenvalue weighted by atomic mass is 32.2. The fraction of sp³-hybridized carbons (Fsp3) is 0.312. The highest BCUT2D eigenvalue weighted by Gasteiger charge is 2.34. The number of H-pyrrole nitrogens is 1. The molecule has 3 aromatic rings. The van der Waals surface area contributed by atoms with Gasteiger partial charge in [0.1, 0.15) is 6.10 Å². The molecule has 3 heterocycles. The molecule has 0 unspecified atom stereocenters. The van der Waals surface area contributed by atoms with Crippen LogP contribution in [0.2, 0.25) is 0 Å². The lowest BCUT2D eigenvalue weighted by Gasteiger charge is -2.17. The zero-order chi connectivity index (χ0) is 18.3. The number of aromatic nitrogens is 3. The Morgan fingerprint density at radius 3 is 2.88 bits per heavy atom. The van der Waals surface area contributed by atoms with Crippen LogP contribution < -0.4 is 10.5 Å². The number of benzene rings is 1. The van der Waals surface area contributed by atoms with E-state index in [9.17, 15) is 13.2 Å². The summed E-state index contributed by atoms with van der Waals surface area (Å²) in [6.07, 6.45) is 0.263. The summed E-state index contributed by atoms with van der Waals surface area (Å²) in [6.45, 7) is 2.38. The first kappa shape index (κ1) is 16.7. The van der Waals surface area contributed by atoms with Gasteiger partial charge < -0.3 is 9.15 Å². The summed E-state index contributed by atoms with van der Waals surface area (Å²) in [5, 5.41) is 7.86. The first-order chi connectivity index (χ1) is 12.4. The van der Waals surface area contributed by atoms with Gasteiger partial charge in [-0.3, -0.25) is 4.98 Å². The van der Waals surface area contributed by atoms with Gasteiger partial charge in [-0.1, -0.05) is 0 Å². The predicted octanol–water partition coefficient (Wildman–Crippen LogP) is 1.06. The van der Waals surface area contributed by atoms with E-state index < -0.39 is 15.8 Å². The Morgan fingerprint density at radius 2 is 2.12 bits per heavy atom. The number of aromatic amines is 1. The minimum absolute atomic E-state index is 0.0952. The second kappa shape index (κ2) is 6.22. The number of hydrogen-bond donors (Lipinski definition) is 1. The molecule has 26 heavy (non-hydrogen) atoms. The lowest BCUT2D eigenvalue weighted by Crippen LogP contribution is -2.31. The van der Waals surface area contributed by atoms with Crippen molar-refractivity contribution in [1.82, 2.24) is 19.5 Å². The lowest BCUT2D eigenvalue weighted by molar-refractivity contribution is 0.204. The van der Waals surface area contributed by atoms with Gasteiger partial charge in [0.15, 0.2) is 5.58 Å². The fourth-order valence-corrected chi connectivity index (χ4v) is 4.39. The van der Waals surface area contributed by atoms with Gasteiger partial charge in [0, 0.05) is 12.6 Å². The third kappa shape index (κ3) is 3.08. The van der Waals surface area contributed by atoms with Crippen LogP contribution in [0.25, 0.3) is 11.1 Å². The number of nitrogens with one attached hydrogen (secondary N) is 1. The van der Waals surface area contributed by atoms with Crippen molar-refractivity contribution >= 4 is 21.1 Å². The molecule has 1 aromatic carbocycles. The first-order valence-electron chi connectivity index (χ1n) is 8.02. The molecular formula is C16H16N4O5S. The number of aryl methyl sites for hydroxylation is 1. The van der Waals surface area contributed by atoms with Crippen molar-refractivity contribution in [2.45, 2.75) is 24.3 Å². The van der Waals surface area contributed by atoms with Crippen molar-refractivity contribution in [3.05, 3.63) is 46.6 Å². The van der Waals surface area contributed by atoms with Gasteiger partial charge in [-0.2, -0.15) is 9.40 Å². The number of ether oxygens (including phenoxy) is 1. The third-order valence-corrected chi connectivity index (χ3v) is 6.06. The number of sulfonamides is 1. The van der Waals surface area contributed by atoms with Crippen LogP contribution in [0.3, 0.4) is 0 Å². The first-order valence-corrected chi connectivity index (χ1v) is 9.46. The maximum atomic E-state index is 12.8. The van der Waals surface area contributed by atoms with E-state index in [2.05, 4.69) is 15.2 Å². The maximum absolute atomic E-state index is 12.8. The van der Waals surface area contributed by atoms with Crippen LogP contribution in [0.5, 0.6) is 5.88 Å². The van der Waals surface area contributed by atoms with E-state index in [4.69, 9.17) is 9.15 Å². The second-order valence-electron chi connectivity index (χ2n) is 6.08. The Bertz CT molecular complexity index is 1100. The smallest absolute Gasteiger partial charge is 0.417 e. The van der Waals surface area contributed by atoms with Crippen molar-refractivity contribution in [3.63, 3.8) is 0 Å². The summed E-state index contributed by atoms with van der Waals surface area (Å²) in [7, 11) is -3.70. The monoisotopic (exact) mass is 376 g/mol. The molecule has 10 heteroatoms. The van der Waals surface area contributed by atoms with E-state index in [0.717, 1.165) is 5.69 Å². The summed E-state index contributed by atoms with van der Waals surface area (Å²) >= 11 is 0. The quantitative estimate of drug-likeness (QED) is 0.723. The number of rotatable bonds is 4. The molecule has 0 amide bonds. The molecular weight excluding hydrogens is 360 g/mol. The molecule has 0 radical (unpaired) electrons. The average molecular weight is 376 g/mol. The van der Waals surface area contributed by atoms with Gasteiger partial charge in [0.25, 0.3) is 0 Å².